The van der Waals surface area contributed by atoms with Gasteiger partial charge in [-0.05, 0) is 30.5 Å². The van der Waals surface area contributed by atoms with Gasteiger partial charge in [0.05, 0.1) is 20.8 Å². The first-order valence-electron chi connectivity index (χ1n) is 6.82. The van der Waals surface area contributed by atoms with Gasteiger partial charge in [0.25, 0.3) is 0 Å². The molecule has 0 saturated carbocycles. The molecule has 1 aromatic rings. The van der Waals surface area contributed by atoms with E-state index in [0.717, 1.165) is 22.9 Å². The summed E-state index contributed by atoms with van der Waals surface area (Å²) in [6, 6.07) is 3.84. The lowest BCUT2D eigenvalue weighted by Gasteiger charge is -2.31. The Morgan fingerprint density at radius 3 is 2.15 bits per heavy atom. The number of halogens is 1. The van der Waals surface area contributed by atoms with Crippen molar-refractivity contribution in [2.75, 3.05) is 20.8 Å². The topological polar surface area (TPSA) is 50.7 Å². The number of hydrogen-bond acceptors (Lipinski definition) is 4. The smallest absolute Gasteiger partial charge is 0.161 e. The molecule has 0 fully saturated rings. The molecule has 0 spiro atoms. The second-order valence-electron chi connectivity index (χ2n) is 4.80. The van der Waals surface area contributed by atoms with Crippen molar-refractivity contribution in [3.05, 3.63) is 22.2 Å². The van der Waals surface area contributed by atoms with E-state index >= 15 is 0 Å². The number of aliphatic hydroxyl groups excluding tert-OH is 1. The summed E-state index contributed by atoms with van der Waals surface area (Å²) in [5.74, 6) is 1.40. The number of methoxy groups -OCH3 is 2. The zero-order valence-electron chi connectivity index (χ0n) is 12.6. The molecule has 0 saturated heterocycles. The van der Waals surface area contributed by atoms with Crippen LogP contribution in [0.4, 0.5) is 0 Å². The van der Waals surface area contributed by atoms with Crippen LogP contribution in [0.3, 0.4) is 0 Å². The van der Waals surface area contributed by atoms with Crippen LogP contribution in [-0.2, 0) is 6.54 Å². The summed E-state index contributed by atoms with van der Waals surface area (Å²) in [4.78, 5) is 0. The quantitative estimate of drug-likeness (QED) is 0.760. The molecule has 1 rings (SSSR count). The summed E-state index contributed by atoms with van der Waals surface area (Å²) in [6.45, 7) is 4.95. The Kier molecular flexibility index (Phi) is 6.79. The number of ether oxygens (including phenoxy) is 2. The van der Waals surface area contributed by atoms with Gasteiger partial charge in [0.2, 0.25) is 0 Å². The normalized spacial score (nSPS) is 11.5. The fourth-order valence-corrected chi connectivity index (χ4v) is 2.56. The third kappa shape index (κ3) is 3.87. The van der Waals surface area contributed by atoms with E-state index in [2.05, 4.69) is 35.1 Å². The van der Waals surface area contributed by atoms with E-state index < -0.39 is 0 Å². The van der Waals surface area contributed by atoms with E-state index in [4.69, 9.17) is 9.47 Å². The van der Waals surface area contributed by atoms with Gasteiger partial charge in [0.15, 0.2) is 11.5 Å². The average Bonchev–Trinajstić information content (AvgIpc) is 2.49. The minimum absolute atomic E-state index is 0.130. The Hall–Kier alpha value is -0.780. The lowest BCUT2D eigenvalue weighted by Crippen LogP contribution is -2.47. The zero-order chi connectivity index (χ0) is 15.2. The third-order valence-electron chi connectivity index (χ3n) is 3.86. The van der Waals surface area contributed by atoms with Crippen molar-refractivity contribution in [1.82, 2.24) is 5.32 Å². The summed E-state index contributed by atoms with van der Waals surface area (Å²) in [7, 11) is 3.24. The van der Waals surface area contributed by atoms with E-state index in [1.165, 1.54) is 0 Å². The van der Waals surface area contributed by atoms with Crippen molar-refractivity contribution in [1.29, 1.82) is 0 Å². The Balaban J connectivity index is 2.92. The molecule has 0 radical (unpaired) electrons. The Morgan fingerprint density at radius 1 is 1.15 bits per heavy atom. The van der Waals surface area contributed by atoms with Gasteiger partial charge in [-0.3, -0.25) is 0 Å². The van der Waals surface area contributed by atoms with Crippen molar-refractivity contribution in [2.45, 2.75) is 38.8 Å². The van der Waals surface area contributed by atoms with Crippen molar-refractivity contribution in [3.63, 3.8) is 0 Å². The van der Waals surface area contributed by atoms with Crippen LogP contribution in [0.5, 0.6) is 11.5 Å². The second kappa shape index (κ2) is 7.86. The van der Waals surface area contributed by atoms with Crippen LogP contribution in [-0.4, -0.2) is 31.5 Å². The van der Waals surface area contributed by atoms with E-state index in [9.17, 15) is 5.11 Å². The van der Waals surface area contributed by atoms with Gasteiger partial charge >= 0.3 is 0 Å². The highest BCUT2D eigenvalue weighted by Gasteiger charge is 2.24. The molecule has 0 bridgehead atoms. The summed E-state index contributed by atoms with van der Waals surface area (Å²) >= 11 is 3.55. The molecule has 1 aromatic carbocycles. The molecule has 20 heavy (non-hydrogen) atoms. The van der Waals surface area contributed by atoms with Gasteiger partial charge in [-0.15, -0.1) is 0 Å². The molecule has 5 heteroatoms. The number of benzene rings is 1. The van der Waals surface area contributed by atoms with Gasteiger partial charge in [-0.25, -0.2) is 0 Å². The zero-order valence-corrected chi connectivity index (χ0v) is 14.2. The first kappa shape index (κ1) is 17.3. The molecular formula is C15H24BrNO3. The van der Waals surface area contributed by atoms with E-state index in [1.807, 2.05) is 12.1 Å². The molecule has 0 aliphatic heterocycles. The standard InChI is InChI=1S/C15H24BrNO3/c1-5-15(6-2,10-18)17-9-11-7-13(19-3)14(20-4)8-12(11)16/h7-8,17-18H,5-6,9-10H2,1-4H3. The number of aliphatic hydroxyl groups is 1. The summed E-state index contributed by atoms with van der Waals surface area (Å²) in [6.07, 6.45) is 1.76. The largest absolute Gasteiger partial charge is 0.493 e. The number of rotatable bonds is 8. The molecule has 4 nitrogen and oxygen atoms in total. The molecule has 0 aliphatic carbocycles. The maximum atomic E-state index is 9.59. The summed E-state index contributed by atoms with van der Waals surface area (Å²) < 4.78 is 11.5. The molecule has 0 amide bonds. The van der Waals surface area contributed by atoms with E-state index in [1.54, 1.807) is 14.2 Å². The third-order valence-corrected chi connectivity index (χ3v) is 4.60. The minimum Gasteiger partial charge on any atom is -0.493 e. The molecule has 0 aliphatic rings. The molecule has 0 aromatic heterocycles. The van der Waals surface area contributed by atoms with Crippen LogP contribution in [0, 0.1) is 0 Å². The maximum Gasteiger partial charge on any atom is 0.161 e. The SMILES string of the molecule is CCC(CC)(CO)NCc1cc(OC)c(OC)cc1Br. The molecule has 0 unspecified atom stereocenters. The van der Waals surface area contributed by atoms with Gasteiger partial charge in [-0.2, -0.15) is 0 Å². The van der Waals surface area contributed by atoms with Crippen LogP contribution in [0.1, 0.15) is 32.3 Å². The van der Waals surface area contributed by atoms with Crippen LogP contribution < -0.4 is 14.8 Å². The van der Waals surface area contributed by atoms with Crippen LogP contribution >= 0.6 is 15.9 Å². The van der Waals surface area contributed by atoms with Crippen molar-refractivity contribution < 1.29 is 14.6 Å². The Morgan fingerprint density at radius 2 is 1.70 bits per heavy atom. The van der Waals surface area contributed by atoms with Crippen LogP contribution in [0.15, 0.2) is 16.6 Å². The molecule has 0 atom stereocenters. The average molecular weight is 346 g/mol. The Bertz CT molecular complexity index is 425. The monoisotopic (exact) mass is 345 g/mol. The number of nitrogens with one attached hydrogen (secondary N) is 1. The van der Waals surface area contributed by atoms with Gasteiger partial charge in [0, 0.05) is 16.6 Å². The van der Waals surface area contributed by atoms with E-state index in [-0.39, 0.29) is 12.1 Å². The minimum atomic E-state index is -0.230. The lowest BCUT2D eigenvalue weighted by molar-refractivity contribution is 0.149. The predicted molar refractivity (Wildman–Crippen MR) is 84.5 cm³/mol. The maximum absolute atomic E-state index is 9.59. The van der Waals surface area contributed by atoms with Gasteiger partial charge < -0.3 is 19.9 Å². The predicted octanol–water partition coefficient (Wildman–Crippen LogP) is 3.11. The molecule has 0 heterocycles. The fraction of sp³-hybridized carbons (Fsp3) is 0.600. The first-order valence-corrected chi connectivity index (χ1v) is 7.61. The van der Waals surface area contributed by atoms with Crippen molar-refractivity contribution in [2.24, 2.45) is 0 Å². The second-order valence-corrected chi connectivity index (χ2v) is 5.65. The first-order chi connectivity index (χ1) is 9.55. The lowest BCUT2D eigenvalue weighted by atomic mass is 9.93. The van der Waals surface area contributed by atoms with Crippen molar-refractivity contribution >= 4 is 15.9 Å². The summed E-state index contributed by atoms with van der Waals surface area (Å²) in [5, 5.41) is 13.0. The van der Waals surface area contributed by atoms with E-state index in [0.29, 0.717) is 18.0 Å². The molecular weight excluding hydrogens is 322 g/mol. The highest BCUT2D eigenvalue weighted by Crippen LogP contribution is 2.33. The Labute approximate surface area is 129 Å². The summed E-state index contributed by atoms with van der Waals surface area (Å²) in [5.41, 5.74) is 0.842. The molecule has 2 N–H and O–H groups in total. The van der Waals surface area contributed by atoms with Crippen LogP contribution in [0.2, 0.25) is 0 Å². The molecule has 114 valence electrons. The van der Waals surface area contributed by atoms with Crippen LogP contribution in [0.25, 0.3) is 0 Å². The van der Waals surface area contributed by atoms with Gasteiger partial charge in [-0.1, -0.05) is 29.8 Å². The van der Waals surface area contributed by atoms with Gasteiger partial charge in [0.1, 0.15) is 0 Å². The highest BCUT2D eigenvalue weighted by atomic mass is 79.9. The van der Waals surface area contributed by atoms with Crippen molar-refractivity contribution in [3.8, 4) is 11.5 Å². The fourth-order valence-electron chi connectivity index (χ4n) is 2.09. The highest BCUT2D eigenvalue weighted by molar-refractivity contribution is 9.10. The number of hydrogen-bond donors (Lipinski definition) is 2.